The van der Waals surface area contributed by atoms with Crippen LogP contribution in [0.2, 0.25) is 0 Å². The fourth-order valence-electron chi connectivity index (χ4n) is 2.33. The fraction of sp³-hybridized carbons (Fsp3) is 0.278. The zero-order valence-corrected chi connectivity index (χ0v) is 14.5. The molecule has 0 spiro atoms. The van der Waals surface area contributed by atoms with Gasteiger partial charge in [0.05, 0.1) is 0 Å². The molecule has 116 valence electrons. The maximum Gasteiger partial charge on any atom is 0.345 e. The van der Waals surface area contributed by atoms with E-state index < -0.39 is 12.1 Å². The molecule has 1 N–H and O–H groups in total. The van der Waals surface area contributed by atoms with Gasteiger partial charge in [0, 0.05) is 10.9 Å². The number of ether oxygens (including phenoxy) is 1. The maximum absolute atomic E-state index is 11.5. The minimum absolute atomic E-state index is 0.321. The van der Waals surface area contributed by atoms with Crippen LogP contribution in [0, 0.1) is 20.8 Å². The van der Waals surface area contributed by atoms with E-state index in [9.17, 15) is 9.90 Å². The molecular weight excluding hydrogens is 344 g/mol. The van der Waals surface area contributed by atoms with Crippen LogP contribution in [-0.4, -0.2) is 17.2 Å². The Morgan fingerprint density at radius 2 is 1.95 bits per heavy atom. The molecule has 0 fully saturated rings. The first kappa shape index (κ1) is 16.6. The van der Waals surface area contributed by atoms with Crippen LogP contribution in [0.4, 0.5) is 0 Å². The third kappa shape index (κ3) is 4.10. The lowest BCUT2D eigenvalue weighted by molar-refractivity contribution is -0.145. The van der Waals surface area contributed by atoms with Crippen molar-refractivity contribution in [2.24, 2.45) is 0 Å². The molecule has 0 aliphatic carbocycles. The molecular formula is C18H19BrO3. The molecule has 4 heteroatoms. The monoisotopic (exact) mass is 362 g/mol. The summed E-state index contributed by atoms with van der Waals surface area (Å²) in [6.07, 6.45) is -0.588. The van der Waals surface area contributed by atoms with Gasteiger partial charge in [0.2, 0.25) is 0 Å². The number of rotatable bonds is 5. The highest BCUT2D eigenvalue weighted by atomic mass is 79.9. The van der Waals surface area contributed by atoms with Crippen LogP contribution < -0.4 is 4.74 Å². The number of carbonyl (C=O) groups is 1. The zero-order valence-electron chi connectivity index (χ0n) is 12.9. The normalized spacial score (nSPS) is 12.0. The van der Waals surface area contributed by atoms with Gasteiger partial charge in [-0.3, -0.25) is 0 Å². The minimum atomic E-state index is -0.960. The third-order valence-corrected chi connectivity index (χ3v) is 4.11. The average Bonchev–Trinajstić information content (AvgIpc) is 2.43. The van der Waals surface area contributed by atoms with Crippen LogP contribution in [0.5, 0.6) is 5.75 Å². The lowest BCUT2D eigenvalue weighted by atomic mass is 10.0. The standard InChI is InChI=1S/C18H19BrO3/c1-11-7-12(2)13(3)16(8-11)22-17(18(20)21)10-14-5-4-6-15(19)9-14/h4-9,17H,10H2,1-3H3,(H,20,21)/t17-/m0/s1. The van der Waals surface area contributed by atoms with Crippen molar-refractivity contribution < 1.29 is 14.6 Å². The maximum atomic E-state index is 11.5. The van der Waals surface area contributed by atoms with E-state index >= 15 is 0 Å². The second kappa shape index (κ2) is 6.97. The summed E-state index contributed by atoms with van der Waals surface area (Å²) in [5, 5.41) is 9.46. The molecule has 0 amide bonds. The number of hydrogen-bond acceptors (Lipinski definition) is 2. The first-order chi connectivity index (χ1) is 10.4. The molecule has 0 unspecified atom stereocenters. The van der Waals surface area contributed by atoms with Gasteiger partial charge >= 0.3 is 5.97 Å². The van der Waals surface area contributed by atoms with E-state index in [-0.39, 0.29) is 0 Å². The number of benzene rings is 2. The molecule has 0 heterocycles. The molecule has 0 saturated heterocycles. The van der Waals surface area contributed by atoms with Crippen molar-refractivity contribution in [1.29, 1.82) is 0 Å². The van der Waals surface area contributed by atoms with Crippen molar-refractivity contribution in [3.8, 4) is 5.75 Å². The van der Waals surface area contributed by atoms with Gasteiger partial charge in [-0.15, -0.1) is 0 Å². The van der Waals surface area contributed by atoms with Crippen molar-refractivity contribution >= 4 is 21.9 Å². The van der Waals surface area contributed by atoms with E-state index in [1.807, 2.05) is 51.1 Å². The lowest BCUT2D eigenvalue weighted by Gasteiger charge is -2.18. The quantitative estimate of drug-likeness (QED) is 0.854. The number of carboxylic acid groups (broad SMARTS) is 1. The number of hydrogen-bond donors (Lipinski definition) is 1. The molecule has 22 heavy (non-hydrogen) atoms. The molecule has 0 aromatic heterocycles. The molecule has 0 aliphatic rings. The van der Waals surface area contributed by atoms with Gasteiger partial charge in [-0.05, 0) is 61.2 Å². The summed E-state index contributed by atoms with van der Waals surface area (Å²) in [7, 11) is 0. The second-order valence-electron chi connectivity index (χ2n) is 5.48. The van der Waals surface area contributed by atoms with Crippen LogP contribution in [0.1, 0.15) is 22.3 Å². The predicted molar refractivity (Wildman–Crippen MR) is 90.6 cm³/mol. The molecule has 0 aliphatic heterocycles. The zero-order chi connectivity index (χ0) is 16.3. The second-order valence-corrected chi connectivity index (χ2v) is 6.40. The highest BCUT2D eigenvalue weighted by Gasteiger charge is 2.21. The van der Waals surface area contributed by atoms with Crippen molar-refractivity contribution in [3.63, 3.8) is 0 Å². The summed E-state index contributed by atoms with van der Waals surface area (Å²) in [6.45, 7) is 5.92. The first-order valence-corrected chi connectivity index (χ1v) is 7.88. The highest BCUT2D eigenvalue weighted by Crippen LogP contribution is 2.25. The summed E-state index contributed by atoms with van der Waals surface area (Å²) in [4.78, 5) is 11.5. The first-order valence-electron chi connectivity index (χ1n) is 7.08. The molecule has 2 aromatic carbocycles. The Kier molecular flexibility index (Phi) is 5.24. The van der Waals surface area contributed by atoms with E-state index in [2.05, 4.69) is 22.0 Å². The van der Waals surface area contributed by atoms with E-state index in [4.69, 9.17) is 4.74 Å². The predicted octanol–water partition coefficient (Wildman–Crippen LogP) is 4.45. The van der Waals surface area contributed by atoms with Gasteiger partial charge in [0.15, 0.2) is 6.10 Å². The third-order valence-electron chi connectivity index (χ3n) is 3.62. The van der Waals surface area contributed by atoms with Crippen LogP contribution in [0.15, 0.2) is 40.9 Å². The topological polar surface area (TPSA) is 46.5 Å². The average molecular weight is 363 g/mol. The fourth-order valence-corrected chi connectivity index (χ4v) is 2.78. The van der Waals surface area contributed by atoms with Gasteiger partial charge in [-0.25, -0.2) is 4.79 Å². The molecule has 3 nitrogen and oxygen atoms in total. The van der Waals surface area contributed by atoms with Crippen molar-refractivity contribution in [1.82, 2.24) is 0 Å². The van der Waals surface area contributed by atoms with E-state index in [1.165, 1.54) is 0 Å². The summed E-state index contributed by atoms with van der Waals surface area (Å²) < 4.78 is 6.72. The van der Waals surface area contributed by atoms with Crippen LogP contribution in [-0.2, 0) is 11.2 Å². The summed E-state index contributed by atoms with van der Waals surface area (Å²) in [5.41, 5.74) is 4.06. The SMILES string of the molecule is Cc1cc(C)c(C)c(O[C@@H](Cc2cccc(Br)c2)C(=O)O)c1. The molecule has 2 rings (SSSR count). The van der Waals surface area contributed by atoms with Gasteiger partial charge in [-0.2, -0.15) is 0 Å². The lowest BCUT2D eigenvalue weighted by Crippen LogP contribution is -2.29. The number of aryl methyl sites for hydroxylation is 2. The Hall–Kier alpha value is -1.81. The number of aliphatic carboxylic acids is 1. The van der Waals surface area contributed by atoms with Crippen LogP contribution >= 0.6 is 15.9 Å². The van der Waals surface area contributed by atoms with E-state index in [0.29, 0.717) is 12.2 Å². The van der Waals surface area contributed by atoms with E-state index in [1.54, 1.807) is 0 Å². The number of carboxylic acids is 1. The van der Waals surface area contributed by atoms with E-state index in [0.717, 1.165) is 26.7 Å². The number of halogens is 1. The Morgan fingerprint density at radius 3 is 2.59 bits per heavy atom. The Balaban J connectivity index is 2.25. The molecule has 0 bridgehead atoms. The van der Waals surface area contributed by atoms with Gasteiger partial charge in [0.1, 0.15) is 5.75 Å². The molecule has 1 atom stereocenters. The Morgan fingerprint density at radius 1 is 1.23 bits per heavy atom. The Bertz CT molecular complexity index is 695. The molecule has 0 radical (unpaired) electrons. The van der Waals surface area contributed by atoms with Crippen LogP contribution in [0.25, 0.3) is 0 Å². The summed E-state index contributed by atoms with van der Waals surface area (Å²) >= 11 is 3.40. The van der Waals surface area contributed by atoms with Crippen molar-refractivity contribution in [3.05, 3.63) is 63.1 Å². The smallest absolute Gasteiger partial charge is 0.345 e. The summed E-state index contributed by atoms with van der Waals surface area (Å²) in [5.74, 6) is -0.321. The molecule has 2 aromatic rings. The van der Waals surface area contributed by atoms with Crippen molar-refractivity contribution in [2.45, 2.75) is 33.3 Å². The highest BCUT2D eigenvalue weighted by molar-refractivity contribution is 9.10. The van der Waals surface area contributed by atoms with Gasteiger partial charge in [0.25, 0.3) is 0 Å². The van der Waals surface area contributed by atoms with Crippen molar-refractivity contribution in [2.75, 3.05) is 0 Å². The van der Waals surface area contributed by atoms with Gasteiger partial charge < -0.3 is 9.84 Å². The minimum Gasteiger partial charge on any atom is -0.478 e. The van der Waals surface area contributed by atoms with Crippen LogP contribution in [0.3, 0.4) is 0 Å². The summed E-state index contributed by atoms with van der Waals surface area (Å²) in [6, 6.07) is 11.6. The molecule has 0 saturated carbocycles. The Labute approximate surface area is 139 Å². The van der Waals surface area contributed by atoms with Gasteiger partial charge in [-0.1, -0.05) is 34.1 Å². The largest absolute Gasteiger partial charge is 0.478 e.